The van der Waals surface area contributed by atoms with Crippen LogP contribution in [0.5, 0.6) is 0 Å². The van der Waals surface area contributed by atoms with Crippen molar-refractivity contribution in [3.8, 4) is 0 Å². The maximum atomic E-state index is 5.84. The second-order valence-corrected chi connectivity index (χ2v) is 5.32. The zero-order chi connectivity index (χ0) is 10.9. The second-order valence-electron chi connectivity index (χ2n) is 4.88. The molecule has 2 heteroatoms. The van der Waals surface area contributed by atoms with E-state index in [9.17, 15) is 0 Å². The lowest BCUT2D eigenvalue weighted by molar-refractivity contribution is 0.380. The molecule has 0 aliphatic heterocycles. The fraction of sp³-hybridized carbons (Fsp3) is 0.538. The predicted octanol–water partition coefficient (Wildman–Crippen LogP) is 3.62. The first-order valence-corrected chi connectivity index (χ1v) is 5.96. The highest BCUT2D eigenvalue weighted by Gasteiger charge is 2.41. The first-order chi connectivity index (χ1) is 7.10. The van der Waals surface area contributed by atoms with Crippen molar-refractivity contribution in [1.29, 1.82) is 0 Å². The van der Waals surface area contributed by atoms with E-state index in [1.165, 1.54) is 18.4 Å². The molecule has 1 aliphatic carbocycles. The SMILES string of the molecule is CC(NCc1ccc(Cl)cc1)C1(C)CC1. The van der Waals surface area contributed by atoms with Gasteiger partial charge in [0.15, 0.2) is 0 Å². The number of benzene rings is 1. The van der Waals surface area contributed by atoms with Crippen molar-refractivity contribution in [2.24, 2.45) is 5.41 Å². The summed E-state index contributed by atoms with van der Waals surface area (Å²) in [6.07, 6.45) is 2.73. The molecule has 1 aromatic carbocycles. The van der Waals surface area contributed by atoms with Gasteiger partial charge in [-0.25, -0.2) is 0 Å². The highest BCUT2D eigenvalue weighted by molar-refractivity contribution is 6.30. The summed E-state index contributed by atoms with van der Waals surface area (Å²) in [5, 5.41) is 4.38. The zero-order valence-electron chi connectivity index (χ0n) is 9.39. The molecule has 0 bridgehead atoms. The molecule has 1 atom stereocenters. The fourth-order valence-corrected chi connectivity index (χ4v) is 1.88. The molecule has 0 amide bonds. The third kappa shape index (κ3) is 2.73. The third-order valence-corrected chi connectivity index (χ3v) is 3.86. The lowest BCUT2D eigenvalue weighted by Crippen LogP contribution is -2.32. The largest absolute Gasteiger partial charge is 0.310 e. The van der Waals surface area contributed by atoms with Crippen LogP contribution >= 0.6 is 11.6 Å². The maximum absolute atomic E-state index is 5.84. The van der Waals surface area contributed by atoms with Gasteiger partial charge in [0.2, 0.25) is 0 Å². The molecule has 0 saturated heterocycles. The van der Waals surface area contributed by atoms with Crippen LogP contribution in [0, 0.1) is 5.41 Å². The molecule has 1 unspecified atom stereocenters. The summed E-state index contributed by atoms with van der Waals surface area (Å²) in [5.41, 5.74) is 1.85. The molecular formula is C13H18ClN. The zero-order valence-corrected chi connectivity index (χ0v) is 10.1. The molecule has 1 aromatic rings. The highest BCUT2D eigenvalue weighted by atomic mass is 35.5. The van der Waals surface area contributed by atoms with Crippen LogP contribution in [-0.4, -0.2) is 6.04 Å². The van der Waals surface area contributed by atoms with Gasteiger partial charge >= 0.3 is 0 Å². The monoisotopic (exact) mass is 223 g/mol. The van der Waals surface area contributed by atoms with Gasteiger partial charge in [-0.15, -0.1) is 0 Å². The summed E-state index contributed by atoms with van der Waals surface area (Å²) in [6, 6.07) is 8.66. The topological polar surface area (TPSA) is 12.0 Å². The van der Waals surface area contributed by atoms with E-state index in [2.05, 4.69) is 31.3 Å². The van der Waals surface area contributed by atoms with Crippen LogP contribution in [-0.2, 0) is 6.54 Å². The van der Waals surface area contributed by atoms with Crippen LogP contribution in [0.15, 0.2) is 24.3 Å². The average molecular weight is 224 g/mol. The molecule has 1 N–H and O–H groups in total. The summed E-state index contributed by atoms with van der Waals surface area (Å²) >= 11 is 5.84. The summed E-state index contributed by atoms with van der Waals surface area (Å²) in [5.74, 6) is 0. The number of hydrogen-bond donors (Lipinski definition) is 1. The van der Waals surface area contributed by atoms with Gasteiger partial charge in [0.25, 0.3) is 0 Å². The summed E-state index contributed by atoms with van der Waals surface area (Å²) in [4.78, 5) is 0. The lowest BCUT2D eigenvalue weighted by Gasteiger charge is -2.20. The van der Waals surface area contributed by atoms with Crippen LogP contribution in [0.2, 0.25) is 5.02 Å². The molecule has 0 spiro atoms. The quantitative estimate of drug-likeness (QED) is 0.822. The molecule has 0 heterocycles. The summed E-state index contributed by atoms with van der Waals surface area (Å²) in [6.45, 7) is 5.57. The minimum absolute atomic E-state index is 0.548. The predicted molar refractivity (Wildman–Crippen MR) is 65.1 cm³/mol. The average Bonchev–Trinajstić information content (AvgIpc) is 2.97. The minimum Gasteiger partial charge on any atom is -0.310 e. The van der Waals surface area contributed by atoms with Crippen molar-refractivity contribution in [1.82, 2.24) is 5.32 Å². The van der Waals surface area contributed by atoms with Gasteiger partial charge in [-0.3, -0.25) is 0 Å². The molecule has 1 aliphatic rings. The minimum atomic E-state index is 0.548. The van der Waals surface area contributed by atoms with Gasteiger partial charge < -0.3 is 5.32 Å². The van der Waals surface area contributed by atoms with Crippen LogP contribution in [0.25, 0.3) is 0 Å². The summed E-state index contributed by atoms with van der Waals surface area (Å²) < 4.78 is 0. The van der Waals surface area contributed by atoms with Crippen LogP contribution < -0.4 is 5.32 Å². The van der Waals surface area contributed by atoms with Gasteiger partial charge in [0.1, 0.15) is 0 Å². The van der Waals surface area contributed by atoms with Gasteiger partial charge in [-0.2, -0.15) is 0 Å². The van der Waals surface area contributed by atoms with Crippen molar-refractivity contribution in [2.45, 2.75) is 39.3 Å². The highest BCUT2D eigenvalue weighted by Crippen LogP contribution is 2.47. The molecular weight excluding hydrogens is 206 g/mol. The van der Waals surface area contributed by atoms with Crippen LogP contribution in [0.3, 0.4) is 0 Å². The Balaban J connectivity index is 1.85. The third-order valence-electron chi connectivity index (χ3n) is 3.61. The molecule has 82 valence electrons. The fourth-order valence-electron chi connectivity index (χ4n) is 1.75. The number of halogens is 1. The normalized spacial score (nSPS) is 19.9. The molecule has 1 nitrogen and oxygen atoms in total. The van der Waals surface area contributed by atoms with Crippen LogP contribution in [0.4, 0.5) is 0 Å². The van der Waals surface area contributed by atoms with E-state index in [4.69, 9.17) is 11.6 Å². The molecule has 1 fully saturated rings. The van der Waals surface area contributed by atoms with E-state index in [0.717, 1.165) is 11.6 Å². The second kappa shape index (κ2) is 4.15. The first kappa shape index (κ1) is 11.0. The van der Waals surface area contributed by atoms with Crippen molar-refractivity contribution >= 4 is 11.6 Å². The Labute approximate surface area is 96.8 Å². The number of hydrogen-bond acceptors (Lipinski definition) is 1. The van der Waals surface area contributed by atoms with E-state index >= 15 is 0 Å². The molecule has 15 heavy (non-hydrogen) atoms. The van der Waals surface area contributed by atoms with E-state index in [1.807, 2.05) is 12.1 Å². The Morgan fingerprint density at radius 1 is 1.33 bits per heavy atom. The Kier molecular flexibility index (Phi) is 3.03. The molecule has 1 saturated carbocycles. The van der Waals surface area contributed by atoms with Crippen molar-refractivity contribution in [3.05, 3.63) is 34.9 Å². The maximum Gasteiger partial charge on any atom is 0.0406 e. The Bertz CT molecular complexity index is 327. The first-order valence-electron chi connectivity index (χ1n) is 5.58. The van der Waals surface area contributed by atoms with Crippen molar-refractivity contribution < 1.29 is 0 Å². The van der Waals surface area contributed by atoms with Crippen molar-refractivity contribution in [3.63, 3.8) is 0 Å². The molecule has 0 radical (unpaired) electrons. The van der Waals surface area contributed by atoms with E-state index in [-0.39, 0.29) is 0 Å². The molecule has 0 aromatic heterocycles. The van der Waals surface area contributed by atoms with Gasteiger partial charge in [-0.05, 0) is 42.9 Å². The Morgan fingerprint density at radius 2 is 1.93 bits per heavy atom. The molecule has 2 rings (SSSR count). The Morgan fingerprint density at radius 3 is 2.47 bits per heavy atom. The Hall–Kier alpha value is -0.530. The smallest absolute Gasteiger partial charge is 0.0406 e. The van der Waals surface area contributed by atoms with Gasteiger partial charge in [0.05, 0.1) is 0 Å². The van der Waals surface area contributed by atoms with Gasteiger partial charge in [0, 0.05) is 17.6 Å². The number of rotatable bonds is 4. The van der Waals surface area contributed by atoms with E-state index in [0.29, 0.717) is 11.5 Å². The number of nitrogens with one attached hydrogen (secondary N) is 1. The van der Waals surface area contributed by atoms with E-state index in [1.54, 1.807) is 0 Å². The van der Waals surface area contributed by atoms with Crippen LogP contribution in [0.1, 0.15) is 32.3 Å². The standard InChI is InChI=1S/C13H18ClN/c1-10(13(2)7-8-13)15-9-11-3-5-12(14)6-4-11/h3-6,10,15H,7-9H2,1-2H3. The van der Waals surface area contributed by atoms with E-state index < -0.39 is 0 Å². The van der Waals surface area contributed by atoms with Gasteiger partial charge in [-0.1, -0.05) is 30.7 Å². The van der Waals surface area contributed by atoms with Crippen molar-refractivity contribution in [2.75, 3.05) is 0 Å². The lowest BCUT2D eigenvalue weighted by atomic mass is 10.0. The summed E-state index contributed by atoms with van der Waals surface area (Å²) in [7, 11) is 0.